The molecule has 0 aromatic heterocycles. The number of amides is 2. The van der Waals surface area contributed by atoms with Crippen molar-refractivity contribution in [3.63, 3.8) is 0 Å². The van der Waals surface area contributed by atoms with E-state index >= 15 is 0 Å². The quantitative estimate of drug-likeness (QED) is 0.847. The van der Waals surface area contributed by atoms with Crippen molar-refractivity contribution in [1.82, 2.24) is 10.2 Å². The van der Waals surface area contributed by atoms with Gasteiger partial charge in [0.15, 0.2) is 0 Å². The normalized spacial score (nSPS) is 26.5. The van der Waals surface area contributed by atoms with E-state index in [9.17, 15) is 9.59 Å². The van der Waals surface area contributed by atoms with Crippen LogP contribution in [0, 0.1) is 11.8 Å². The van der Waals surface area contributed by atoms with Gasteiger partial charge >= 0.3 is 0 Å². The summed E-state index contributed by atoms with van der Waals surface area (Å²) >= 11 is 1.80. The molecule has 0 aromatic carbocycles. The third-order valence-electron chi connectivity index (χ3n) is 4.69. The van der Waals surface area contributed by atoms with Gasteiger partial charge in [0.1, 0.15) is 11.6 Å². The Labute approximate surface area is 132 Å². The fourth-order valence-corrected chi connectivity index (χ4v) is 4.43. The first-order valence-electron chi connectivity index (χ1n) is 8.03. The summed E-state index contributed by atoms with van der Waals surface area (Å²) in [5.41, 5.74) is -0.596. The maximum absolute atomic E-state index is 13.1. The van der Waals surface area contributed by atoms with Crippen molar-refractivity contribution < 1.29 is 9.59 Å². The van der Waals surface area contributed by atoms with Gasteiger partial charge in [-0.15, -0.1) is 0 Å². The SMILES string of the molecule is CSCC(C)CN1C(=O)C2(CCCC2)NC(=O)C1C(C)C. The molecule has 21 heavy (non-hydrogen) atoms. The van der Waals surface area contributed by atoms with Gasteiger partial charge in [-0.1, -0.05) is 33.6 Å². The van der Waals surface area contributed by atoms with E-state index in [1.807, 2.05) is 18.7 Å². The van der Waals surface area contributed by atoms with Crippen molar-refractivity contribution in [2.24, 2.45) is 11.8 Å². The second-order valence-corrected chi connectivity index (χ2v) is 7.90. The molecular formula is C16H28N2O2S. The van der Waals surface area contributed by atoms with Crippen molar-refractivity contribution in [1.29, 1.82) is 0 Å². The fourth-order valence-electron chi connectivity index (χ4n) is 3.76. The molecule has 0 radical (unpaired) electrons. The number of hydrogen-bond donors (Lipinski definition) is 1. The van der Waals surface area contributed by atoms with Crippen molar-refractivity contribution >= 4 is 23.6 Å². The maximum atomic E-state index is 13.1. The van der Waals surface area contributed by atoms with Gasteiger partial charge in [-0.25, -0.2) is 0 Å². The molecule has 1 aliphatic heterocycles. The lowest BCUT2D eigenvalue weighted by molar-refractivity contribution is -0.157. The van der Waals surface area contributed by atoms with Crippen molar-refractivity contribution in [2.45, 2.75) is 58.0 Å². The van der Waals surface area contributed by atoms with Crippen LogP contribution < -0.4 is 5.32 Å². The van der Waals surface area contributed by atoms with Gasteiger partial charge in [0.2, 0.25) is 11.8 Å². The minimum absolute atomic E-state index is 0.0443. The van der Waals surface area contributed by atoms with Crippen LogP contribution in [0.15, 0.2) is 0 Å². The Kier molecular flexibility index (Phi) is 5.23. The number of hydrogen-bond acceptors (Lipinski definition) is 3. The third kappa shape index (κ3) is 3.22. The van der Waals surface area contributed by atoms with Crippen molar-refractivity contribution in [3.05, 3.63) is 0 Å². The second-order valence-electron chi connectivity index (χ2n) is 6.99. The summed E-state index contributed by atoms with van der Waals surface area (Å²) in [6.45, 7) is 6.90. The number of rotatable bonds is 5. The maximum Gasteiger partial charge on any atom is 0.249 e. The Morgan fingerprint density at radius 1 is 1.29 bits per heavy atom. The summed E-state index contributed by atoms with van der Waals surface area (Å²) in [6, 6.07) is -0.312. The first kappa shape index (κ1) is 16.7. The average molecular weight is 312 g/mol. The highest BCUT2D eigenvalue weighted by Gasteiger charge is 2.52. The van der Waals surface area contributed by atoms with E-state index in [-0.39, 0.29) is 23.8 Å². The van der Waals surface area contributed by atoms with Crippen LogP contribution in [0.3, 0.4) is 0 Å². The molecule has 120 valence electrons. The lowest BCUT2D eigenvalue weighted by atomic mass is 9.87. The number of carbonyl (C=O) groups is 2. The molecule has 2 aliphatic rings. The van der Waals surface area contributed by atoms with E-state index in [2.05, 4.69) is 18.5 Å². The minimum atomic E-state index is -0.596. The summed E-state index contributed by atoms with van der Waals surface area (Å²) in [6.07, 6.45) is 5.75. The molecule has 0 aromatic rings. The molecule has 2 rings (SSSR count). The predicted molar refractivity (Wildman–Crippen MR) is 87.2 cm³/mol. The summed E-state index contributed by atoms with van der Waals surface area (Å²) in [7, 11) is 0. The Morgan fingerprint density at radius 3 is 2.43 bits per heavy atom. The van der Waals surface area contributed by atoms with Gasteiger partial charge in [0, 0.05) is 6.54 Å². The molecule has 0 bridgehead atoms. The van der Waals surface area contributed by atoms with Crippen LogP contribution in [0.4, 0.5) is 0 Å². The first-order chi connectivity index (χ1) is 9.91. The number of thioether (sulfide) groups is 1. The third-order valence-corrected chi connectivity index (χ3v) is 5.59. The monoisotopic (exact) mass is 312 g/mol. The van der Waals surface area contributed by atoms with Gasteiger partial charge in [-0.2, -0.15) is 11.8 Å². The summed E-state index contributed by atoms with van der Waals surface area (Å²) in [5, 5.41) is 3.07. The topological polar surface area (TPSA) is 49.4 Å². The van der Waals surface area contributed by atoms with Crippen LogP contribution in [0.5, 0.6) is 0 Å². The zero-order valence-electron chi connectivity index (χ0n) is 13.6. The number of nitrogens with zero attached hydrogens (tertiary/aromatic N) is 1. The molecule has 1 heterocycles. The summed E-state index contributed by atoms with van der Waals surface area (Å²) in [5.74, 6) is 1.78. The second kappa shape index (κ2) is 6.59. The van der Waals surface area contributed by atoms with Crippen molar-refractivity contribution in [3.8, 4) is 0 Å². The van der Waals surface area contributed by atoms with Crippen LogP contribution >= 0.6 is 11.8 Å². The smallest absolute Gasteiger partial charge is 0.249 e. The number of nitrogens with one attached hydrogen (secondary N) is 1. The van der Waals surface area contributed by atoms with Crippen LogP contribution in [0.2, 0.25) is 0 Å². The Morgan fingerprint density at radius 2 is 1.90 bits per heavy atom. The summed E-state index contributed by atoms with van der Waals surface area (Å²) < 4.78 is 0. The lowest BCUT2D eigenvalue weighted by Gasteiger charge is -2.46. The molecule has 1 aliphatic carbocycles. The molecule has 4 nitrogen and oxygen atoms in total. The molecule has 1 N–H and O–H groups in total. The molecule has 5 heteroatoms. The minimum Gasteiger partial charge on any atom is -0.340 e. The van der Waals surface area contributed by atoms with Gasteiger partial charge < -0.3 is 10.2 Å². The van der Waals surface area contributed by atoms with Gasteiger partial charge in [0.05, 0.1) is 0 Å². The number of carbonyl (C=O) groups excluding carboxylic acids is 2. The molecule has 2 amide bonds. The highest BCUT2D eigenvalue weighted by Crippen LogP contribution is 2.36. The van der Waals surface area contributed by atoms with Crippen molar-refractivity contribution in [2.75, 3.05) is 18.6 Å². The molecule has 2 fully saturated rings. The lowest BCUT2D eigenvalue weighted by Crippen LogP contribution is -2.71. The largest absolute Gasteiger partial charge is 0.340 e. The highest BCUT2D eigenvalue weighted by atomic mass is 32.2. The van der Waals surface area contributed by atoms with E-state index in [1.54, 1.807) is 11.8 Å². The molecule has 1 saturated heterocycles. The van der Waals surface area contributed by atoms with Gasteiger partial charge in [-0.3, -0.25) is 9.59 Å². The fraction of sp³-hybridized carbons (Fsp3) is 0.875. The predicted octanol–water partition coefficient (Wildman–Crippen LogP) is 2.28. The van der Waals surface area contributed by atoms with Crippen LogP contribution in [0.1, 0.15) is 46.5 Å². The van der Waals surface area contributed by atoms with E-state index in [0.29, 0.717) is 12.5 Å². The van der Waals surface area contributed by atoms with Crippen LogP contribution in [-0.4, -0.2) is 46.8 Å². The van der Waals surface area contributed by atoms with Gasteiger partial charge in [0.25, 0.3) is 0 Å². The molecule has 1 spiro atoms. The number of piperazine rings is 1. The Balaban J connectivity index is 2.24. The Hall–Kier alpha value is -0.710. The first-order valence-corrected chi connectivity index (χ1v) is 9.42. The molecular weight excluding hydrogens is 284 g/mol. The molecule has 1 saturated carbocycles. The van der Waals surface area contributed by atoms with Gasteiger partial charge in [-0.05, 0) is 36.7 Å². The molecule has 2 unspecified atom stereocenters. The Bertz CT molecular complexity index is 405. The van der Waals surface area contributed by atoms with E-state index < -0.39 is 5.54 Å². The van der Waals surface area contributed by atoms with E-state index in [4.69, 9.17) is 0 Å². The van der Waals surface area contributed by atoms with E-state index in [1.165, 1.54) is 0 Å². The van der Waals surface area contributed by atoms with Crippen LogP contribution in [-0.2, 0) is 9.59 Å². The average Bonchev–Trinajstić information content (AvgIpc) is 2.85. The van der Waals surface area contributed by atoms with E-state index in [0.717, 1.165) is 31.4 Å². The zero-order valence-corrected chi connectivity index (χ0v) is 14.5. The standard InChI is InChI=1S/C16H28N2O2S/c1-11(2)13-14(19)17-16(7-5-6-8-16)15(20)18(13)9-12(3)10-21-4/h11-13H,5-10H2,1-4H3,(H,17,19). The molecule has 2 atom stereocenters. The summed E-state index contributed by atoms with van der Waals surface area (Å²) in [4.78, 5) is 27.5. The van der Waals surface area contributed by atoms with Crippen LogP contribution in [0.25, 0.3) is 0 Å². The zero-order chi connectivity index (χ0) is 15.6. The highest BCUT2D eigenvalue weighted by molar-refractivity contribution is 7.98.